The largest absolute Gasteiger partial charge is 0.337 e. The molecule has 0 spiro atoms. The minimum absolute atomic E-state index is 0.119. The number of carbonyl (C=O) groups excluding carboxylic acids is 1. The normalized spacial score (nSPS) is 15.9. The van der Waals surface area contributed by atoms with Gasteiger partial charge in [-0.1, -0.05) is 0 Å². The highest BCUT2D eigenvalue weighted by molar-refractivity contribution is 7.89. The summed E-state index contributed by atoms with van der Waals surface area (Å²) in [5.41, 5.74) is 1.39. The third-order valence-corrected chi connectivity index (χ3v) is 6.75. The monoisotopic (exact) mass is 387 g/mol. The molecular formula is C18H17N3O3S2. The van der Waals surface area contributed by atoms with E-state index in [9.17, 15) is 13.2 Å². The SMILES string of the molecule is N#Cc1ccc(S(=O)(=O)N2CCN(C(=O)/C=C/c3ccsc3)CC2)cc1. The van der Waals surface area contributed by atoms with E-state index in [0.29, 0.717) is 18.7 Å². The Morgan fingerprint density at radius 3 is 2.38 bits per heavy atom. The Morgan fingerprint density at radius 1 is 1.12 bits per heavy atom. The number of carbonyl (C=O) groups is 1. The maximum absolute atomic E-state index is 12.7. The molecule has 2 heterocycles. The van der Waals surface area contributed by atoms with Crippen LogP contribution >= 0.6 is 11.3 Å². The number of thiophene rings is 1. The van der Waals surface area contributed by atoms with Gasteiger partial charge in [0.15, 0.2) is 0 Å². The number of nitriles is 1. The predicted octanol–water partition coefficient (Wildman–Crippen LogP) is 2.17. The highest BCUT2D eigenvalue weighted by Crippen LogP contribution is 2.18. The van der Waals surface area contributed by atoms with Gasteiger partial charge in [-0.2, -0.15) is 20.9 Å². The van der Waals surface area contributed by atoms with E-state index in [-0.39, 0.29) is 23.9 Å². The van der Waals surface area contributed by atoms with E-state index >= 15 is 0 Å². The summed E-state index contributed by atoms with van der Waals surface area (Å²) in [6, 6.07) is 9.75. The summed E-state index contributed by atoms with van der Waals surface area (Å²) in [7, 11) is -3.61. The van der Waals surface area contributed by atoms with Crippen LogP contribution in [0, 0.1) is 11.3 Å². The zero-order chi connectivity index (χ0) is 18.6. The predicted molar refractivity (Wildman–Crippen MR) is 99.8 cm³/mol. The first-order valence-corrected chi connectivity index (χ1v) is 10.4. The molecule has 0 saturated carbocycles. The Hall–Kier alpha value is -2.47. The van der Waals surface area contributed by atoms with Gasteiger partial charge in [-0.3, -0.25) is 4.79 Å². The van der Waals surface area contributed by atoms with Crippen LogP contribution in [0.2, 0.25) is 0 Å². The third kappa shape index (κ3) is 4.02. The number of hydrogen-bond acceptors (Lipinski definition) is 5. The highest BCUT2D eigenvalue weighted by atomic mass is 32.2. The Kier molecular flexibility index (Phi) is 5.52. The zero-order valence-electron chi connectivity index (χ0n) is 13.9. The summed E-state index contributed by atoms with van der Waals surface area (Å²) >= 11 is 1.56. The Bertz CT molecular complexity index is 935. The van der Waals surface area contributed by atoms with Crippen molar-refractivity contribution in [2.24, 2.45) is 0 Å². The summed E-state index contributed by atoms with van der Waals surface area (Å²) in [5.74, 6) is -0.119. The molecule has 2 aromatic rings. The minimum atomic E-state index is -3.61. The molecular weight excluding hydrogens is 370 g/mol. The molecule has 1 fully saturated rings. The van der Waals surface area contributed by atoms with Crippen LogP contribution in [0.5, 0.6) is 0 Å². The van der Waals surface area contributed by atoms with E-state index in [1.165, 1.54) is 34.6 Å². The molecule has 0 aliphatic carbocycles. The Labute approximate surface area is 156 Å². The first kappa shape index (κ1) is 18.3. The Morgan fingerprint density at radius 2 is 1.81 bits per heavy atom. The molecule has 0 atom stereocenters. The number of benzene rings is 1. The lowest BCUT2D eigenvalue weighted by Gasteiger charge is -2.33. The van der Waals surface area contributed by atoms with Gasteiger partial charge in [0.2, 0.25) is 15.9 Å². The zero-order valence-corrected chi connectivity index (χ0v) is 15.5. The number of amides is 1. The van der Waals surface area contributed by atoms with Crippen molar-refractivity contribution in [3.05, 3.63) is 58.3 Å². The van der Waals surface area contributed by atoms with E-state index in [1.807, 2.05) is 22.9 Å². The molecule has 1 aromatic carbocycles. The molecule has 3 rings (SSSR count). The lowest BCUT2D eigenvalue weighted by molar-refractivity contribution is -0.127. The van der Waals surface area contributed by atoms with Gasteiger partial charge in [-0.25, -0.2) is 8.42 Å². The first-order chi connectivity index (χ1) is 12.5. The second kappa shape index (κ2) is 7.83. The van der Waals surface area contributed by atoms with Gasteiger partial charge < -0.3 is 4.90 Å². The average Bonchev–Trinajstić information content (AvgIpc) is 3.20. The van der Waals surface area contributed by atoms with Crippen LogP contribution in [0.4, 0.5) is 0 Å². The number of sulfonamides is 1. The number of nitrogens with zero attached hydrogens (tertiary/aromatic N) is 3. The smallest absolute Gasteiger partial charge is 0.246 e. The molecule has 0 radical (unpaired) electrons. The fourth-order valence-corrected chi connectivity index (χ4v) is 4.69. The summed E-state index contributed by atoms with van der Waals surface area (Å²) in [4.78, 5) is 14.0. The molecule has 0 bridgehead atoms. The Balaban J connectivity index is 1.62. The topological polar surface area (TPSA) is 81.5 Å². The van der Waals surface area contributed by atoms with Gasteiger partial charge in [0.05, 0.1) is 16.5 Å². The van der Waals surface area contributed by atoms with E-state index in [0.717, 1.165) is 5.56 Å². The summed E-state index contributed by atoms with van der Waals surface area (Å²) < 4.78 is 26.7. The van der Waals surface area contributed by atoms with Crippen molar-refractivity contribution >= 4 is 33.3 Å². The van der Waals surface area contributed by atoms with Crippen LogP contribution in [0.1, 0.15) is 11.1 Å². The molecule has 134 valence electrons. The van der Waals surface area contributed by atoms with Crippen LogP contribution in [0.15, 0.2) is 52.1 Å². The summed E-state index contributed by atoms with van der Waals surface area (Å²) in [6.07, 6.45) is 3.28. The summed E-state index contributed by atoms with van der Waals surface area (Å²) in [6.45, 7) is 1.20. The molecule has 1 aliphatic heterocycles. The maximum atomic E-state index is 12.7. The van der Waals surface area contributed by atoms with Crippen molar-refractivity contribution in [2.45, 2.75) is 4.90 Å². The minimum Gasteiger partial charge on any atom is -0.337 e. The van der Waals surface area contributed by atoms with Crippen LogP contribution < -0.4 is 0 Å². The first-order valence-electron chi connectivity index (χ1n) is 8.00. The second-order valence-corrected chi connectivity index (χ2v) is 8.47. The average molecular weight is 387 g/mol. The van der Waals surface area contributed by atoms with Gasteiger partial charge in [-0.15, -0.1) is 0 Å². The fourth-order valence-electron chi connectivity index (χ4n) is 2.64. The molecule has 6 nitrogen and oxygen atoms in total. The molecule has 1 aromatic heterocycles. The van der Waals surface area contributed by atoms with Crippen molar-refractivity contribution in [1.82, 2.24) is 9.21 Å². The van der Waals surface area contributed by atoms with Crippen LogP contribution in [0.3, 0.4) is 0 Å². The molecule has 1 amide bonds. The van der Waals surface area contributed by atoms with Crippen molar-refractivity contribution in [2.75, 3.05) is 26.2 Å². The van der Waals surface area contributed by atoms with Crippen LogP contribution in [-0.2, 0) is 14.8 Å². The van der Waals surface area contributed by atoms with E-state index in [1.54, 1.807) is 22.3 Å². The highest BCUT2D eigenvalue weighted by Gasteiger charge is 2.29. The summed E-state index contributed by atoms with van der Waals surface area (Å²) in [5, 5.41) is 12.7. The van der Waals surface area contributed by atoms with Crippen LogP contribution in [0.25, 0.3) is 6.08 Å². The standard InChI is InChI=1S/C18H17N3O3S2/c19-13-15-1-4-17(5-2-15)26(23,24)21-10-8-20(9-11-21)18(22)6-3-16-7-12-25-14-16/h1-7,12,14H,8-11H2/b6-3+. The van der Waals surface area contributed by atoms with Crippen LogP contribution in [-0.4, -0.2) is 49.7 Å². The van der Waals surface area contributed by atoms with Crippen molar-refractivity contribution in [1.29, 1.82) is 5.26 Å². The number of rotatable bonds is 4. The van der Waals surface area contributed by atoms with Crippen molar-refractivity contribution < 1.29 is 13.2 Å². The van der Waals surface area contributed by atoms with Gasteiger partial charge in [0.25, 0.3) is 0 Å². The fraction of sp³-hybridized carbons (Fsp3) is 0.222. The lowest BCUT2D eigenvalue weighted by atomic mass is 10.2. The van der Waals surface area contributed by atoms with Crippen molar-refractivity contribution in [3.8, 4) is 6.07 Å². The molecule has 1 saturated heterocycles. The molecule has 0 unspecified atom stereocenters. The second-order valence-electron chi connectivity index (χ2n) is 5.76. The quantitative estimate of drug-likeness (QED) is 0.753. The molecule has 8 heteroatoms. The van der Waals surface area contributed by atoms with Gasteiger partial charge >= 0.3 is 0 Å². The van der Waals surface area contributed by atoms with Crippen molar-refractivity contribution in [3.63, 3.8) is 0 Å². The maximum Gasteiger partial charge on any atom is 0.246 e. The van der Waals surface area contributed by atoms with Gasteiger partial charge in [-0.05, 0) is 52.7 Å². The molecule has 26 heavy (non-hydrogen) atoms. The lowest BCUT2D eigenvalue weighted by Crippen LogP contribution is -2.50. The van der Waals surface area contributed by atoms with E-state index in [2.05, 4.69) is 0 Å². The molecule has 1 aliphatic rings. The van der Waals surface area contributed by atoms with E-state index in [4.69, 9.17) is 5.26 Å². The van der Waals surface area contributed by atoms with Gasteiger partial charge in [0.1, 0.15) is 0 Å². The van der Waals surface area contributed by atoms with Gasteiger partial charge in [0, 0.05) is 32.3 Å². The number of hydrogen-bond donors (Lipinski definition) is 0. The number of piperazine rings is 1. The van der Waals surface area contributed by atoms with E-state index < -0.39 is 10.0 Å². The third-order valence-electron chi connectivity index (χ3n) is 4.13. The molecule has 0 N–H and O–H groups in total.